The molecule has 1 unspecified atom stereocenters. The summed E-state index contributed by atoms with van der Waals surface area (Å²) in [6.07, 6.45) is 2.21. The van der Waals surface area contributed by atoms with E-state index in [9.17, 15) is 8.42 Å². The van der Waals surface area contributed by atoms with E-state index < -0.39 is 14.7 Å². The Labute approximate surface area is 69.1 Å². The monoisotopic (exact) mass is 202 g/mol. The van der Waals surface area contributed by atoms with Gasteiger partial charge in [0.2, 0.25) is 0 Å². The minimum atomic E-state index is -3.83. The van der Waals surface area contributed by atoms with E-state index in [-0.39, 0.29) is 0 Å². The molecule has 3 nitrogen and oxygen atoms in total. The largest absolute Gasteiger partial charge is 0.285 e. The Morgan fingerprint density at radius 3 is 2.20 bits per heavy atom. The third-order valence-electron chi connectivity index (χ3n) is 0.869. The molecular weight excluding hydrogens is 192 g/mol. The van der Waals surface area contributed by atoms with Crippen LogP contribution in [0.2, 0.25) is 0 Å². The van der Waals surface area contributed by atoms with Gasteiger partial charge in [0.25, 0.3) is 10.1 Å². The van der Waals surface area contributed by atoms with Crippen LogP contribution < -0.4 is 0 Å². The van der Waals surface area contributed by atoms with Gasteiger partial charge in [0, 0.05) is 0 Å². The molecule has 0 saturated heterocycles. The van der Waals surface area contributed by atoms with Gasteiger partial charge in [0.05, 0.1) is 0 Å². The van der Waals surface area contributed by atoms with Crippen molar-refractivity contribution in [2.45, 2.75) is 17.9 Å². The van der Waals surface area contributed by atoms with E-state index in [1.165, 1.54) is 10.8 Å². The molecule has 62 valence electrons. The molecule has 0 aromatic carbocycles. The Morgan fingerprint density at radius 1 is 1.60 bits per heavy atom. The van der Waals surface area contributed by atoms with Crippen LogP contribution in [0.1, 0.15) is 13.3 Å². The predicted molar refractivity (Wildman–Crippen MR) is 46.7 cm³/mol. The first-order valence-electron chi connectivity index (χ1n) is 2.68. The third kappa shape index (κ3) is 3.70. The van der Waals surface area contributed by atoms with Crippen LogP contribution in [-0.4, -0.2) is 23.8 Å². The SMILES string of the molecule is CCC(SSC)S(=O)(=O)O. The Morgan fingerprint density at radius 2 is 2.10 bits per heavy atom. The van der Waals surface area contributed by atoms with Crippen LogP contribution in [0.5, 0.6) is 0 Å². The average molecular weight is 202 g/mol. The molecule has 0 saturated carbocycles. The van der Waals surface area contributed by atoms with Crippen LogP contribution in [0.3, 0.4) is 0 Å². The highest BCUT2D eigenvalue weighted by molar-refractivity contribution is 8.77. The Kier molecular flexibility index (Phi) is 4.75. The topological polar surface area (TPSA) is 54.4 Å². The lowest BCUT2D eigenvalue weighted by atomic mass is 10.6. The van der Waals surface area contributed by atoms with Crippen LogP contribution >= 0.6 is 21.6 Å². The van der Waals surface area contributed by atoms with Crippen molar-refractivity contribution in [1.82, 2.24) is 0 Å². The molecule has 0 heterocycles. The second kappa shape index (κ2) is 4.48. The van der Waals surface area contributed by atoms with Crippen molar-refractivity contribution < 1.29 is 13.0 Å². The van der Waals surface area contributed by atoms with Gasteiger partial charge in [-0.3, -0.25) is 4.55 Å². The second-order valence-electron chi connectivity index (χ2n) is 1.62. The van der Waals surface area contributed by atoms with E-state index in [4.69, 9.17) is 4.55 Å². The molecule has 1 N–H and O–H groups in total. The maximum Gasteiger partial charge on any atom is 0.278 e. The van der Waals surface area contributed by atoms with Gasteiger partial charge in [-0.25, -0.2) is 0 Å². The van der Waals surface area contributed by atoms with Gasteiger partial charge < -0.3 is 0 Å². The summed E-state index contributed by atoms with van der Waals surface area (Å²) in [6, 6.07) is 0. The van der Waals surface area contributed by atoms with Crippen LogP contribution in [0, 0.1) is 0 Å². The summed E-state index contributed by atoms with van der Waals surface area (Å²) in [7, 11) is -1.33. The molecule has 0 aliphatic carbocycles. The van der Waals surface area contributed by atoms with Crippen molar-refractivity contribution in [3.8, 4) is 0 Å². The van der Waals surface area contributed by atoms with Gasteiger partial charge in [-0.05, 0) is 12.7 Å². The van der Waals surface area contributed by atoms with E-state index in [1.54, 1.807) is 13.2 Å². The minimum Gasteiger partial charge on any atom is -0.285 e. The molecule has 10 heavy (non-hydrogen) atoms. The first kappa shape index (κ1) is 10.6. The Balaban J connectivity index is 4.08. The van der Waals surface area contributed by atoms with Gasteiger partial charge in [0.1, 0.15) is 4.58 Å². The second-order valence-corrected chi connectivity index (χ2v) is 6.19. The standard InChI is InChI=1S/C4H10O3S3/c1-3-4(9-8-2)10(5,6)7/h4H,3H2,1-2H3,(H,5,6,7). The van der Waals surface area contributed by atoms with Gasteiger partial charge in [0.15, 0.2) is 0 Å². The van der Waals surface area contributed by atoms with Crippen molar-refractivity contribution >= 4 is 31.7 Å². The first-order valence-corrected chi connectivity index (χ1v) is 6.80. The smallest absolute Gasteiger partial charge is 0.278 e. The van der Waals surface area contributed by atoms with Crippen LogP contribution in [0.15, 0.2) is 0 Å². The van der Waals surface area contributed by atoms with Crippen LogP contribution in [0.25, 0.3) is 0 Å². The predicted octanol–water partition coefficient (Wildman–Crippen LogP) is 1.62. The Hall–Kier alpha value is 0.610. The van der Waals surface area contributed by atoms with Gasteiger partial charge in [-0.1, -0.05) is 28.5 Å². The first-order chi connectivity index (χ1) is 4.52. The normalized spacial score (nSPS) is 15.1. The van der Waals surface area contributed by atoms with E-state index in [1.807, 2.05) is 0 Å². The summed E-state index contributed by atoms with van der Waals surface area (Å²) in [5.74, 6) is 0. The average Bonchev–Trinajstić information content (AvgIpc) is 1.80. The zero-order valence-electron chi connectivity index (χ0n) is 5.77. The fourth-order valence-corrected chi connectivity index (χ4v) is 4.26. The van der Waals surface area contributed by atoms with Gasteiger partial charge >= 0.3 is 0 Å². The summed E-state index contributed by atoms with van der Waals surface area (Å²) in [5.41, 5.74) is 0. The molecule has 0 amide bonds. The van der Waals surface area contributed by atoms with Crippen molar-refractivity contribution in [2.24, 2.45) is 0 Å². The molecule has 0 rings (SSSR count). The number of hydrogen-bond acceptors (Lipinski definition) is 4. The maximum atomic E-state index is 10.5. The molecule has 6 heteroatoms. The molecule has 1 atom stereocenters. The molecule has 0 aromatic heterocycles. The summed E-state index contributed by atoms with van der Waals surface area (Å²) >= 11 is 0. The van der Waals surface area contributed by atoms with Crippen molar-refractivity contribution in [3.05, 3.63) is 0 Å². The maximum absolute atomic E-state index is 10.5. The molecular formula is C4H10O3S3. The summed E-state index contributed by atoms with van der Waals surface area (Å²) in [4.78, 5) is 0. The summed E-state index contributed by atoms with van der Waals surface area (Å²) < 4.78 is 28.8. The van der Waals surface area contributed by atoms with E-state index in [0.717, 1.165) is 10.8 Å². The van der Waals surface area contributed by atoms with Crippen LogP contribution in [0.4, 0.5) is 0 Å². The number of rotatable bonds is 4. The number of hydrogen-bond donors (Lipinski definition) is 1. The lowest BCUT2D eigenvalue weighted by molar-refractivity contribution is 0.479. The minimum absolute atomic E-state index is 0.435. The van der Waals surface area contributed by atoms with Crippen molar-refractivity contribution in [2.75, 3.05) is 6.26 Å². The molecule has 0 fully saturated rings. The molecule has 0 radical (unpaired) electrons. The van der Waals surface area contributed by atoms with Gasteiger partial charge in [-0.15, -0.1) is 0 Å². The van der Waals surface area contributed by atoms with Crippen LogP contribution in [-0.2, 0) is 10.1 Å². The summed E-state index contributed by atoms with van der Waals surface area (Å²) in [6.45, 7) is 1.72. The fraction of sp³-hybridized carbons (Fsp3) is 1.00. The molecule has 0 aliphatic rings. The van der Waals surface area contributed by atoms with E-state index in [2.05, 4.69) is 0 Å². The molecule has 0 aliphatic heterocycles. The van der Waals surface area contributed by atoms with Crippen molar-refractivity contribution in [1.29, 1.82) is 0 Å². The van der Waals surface area contributed by atoms with E-state index in [0.29, 0.717) is 6.42 Å². The lowest BCUT2D eigenvalue weighted by Gasteiger charge is -2.07. The van der Waals surface area contributed by atoms with Gasteiger partial charge in [-0.2, -0.15) is 8.42 Å². The van der Waals surface area contributed by atoms with E-state index >= 15 is 0 Å². The summed E-state index contributed by atoms with van der Waals surface area (Å²) in [5, 5.41) is 0. The zero-order valence-corrected chi connectivity index (χ0v) is 8.22. The molecule has 0 spiro atoms. The lowest BCUT2D eigenvalue weighted by Crippen LogP contribution is -2.14. The van der Waals surface area contributed by atoms with Crippen molar-refractivity contribution in [3.63, 3.8) is 0 Å². The zero-order chi connectivity index (χ0) is 8.20. The quantitative estimate of drug-likeness (QED) is 0.554. The Bertz CT molecular complexity index is 174. The highest BCUT2D eigenvalue weighted by atomic mass is 33.1. The third-order valence-corrected chi connectivity index (χ3v) is 5.27. The molecule has 0 bridgehead atoms. The highest BCUT2D eigenvalue weighted by Gasteiger charge is 2.20. The molecule has 0 aromatic rings. The highest BCUT2D eigenvalue weighted by Crippen LogP contribution is 2.28. The fourth-order valence-electron chi connectivity index (χ4n) is 0.436.